The molecule has 2 atom stereocenters. The lowest BCUT2D eigenvalue weighted by molar-refractivity contribution is 0.127. The van der Waals surface area contributed by atoms with E-state index in [1.165, 1.54) is 77.0 Å². The normalized spacial score (nSPS) is 28.5. The zero-order valence-electron chi connectivity index (χ0n) is 12.8. The Morgan fingerprint density at radius 2 is 1.78 bits per heavy atom. The molecule has 0 amide bonds. The van der Waals surface area contributed by atoms with Crippen LogP contribution < -0.4 is 5.73 Å². The Labute approximate surface area is 115 Å². The van der Waals surface area contributed by atoms with Crippen molar-refractivity contribution in [2.75, 3.05) is 6.54 Å². The molecule has 0 spiro atoms. The predicted molar refractivity (Wildman–Crippen MR) is 81.7 cm³/mol. The highest BCUT2D eigenvalue weighted by molar-refractivity contribution is 4.87. The fraction of sp³-hybridized carbons (Fsp3) is 1.00. The van der Waals surface area contributed by atoms with Crippen molar-refractivity contribution in [2.24, 2.45) is 17.1 Å². The molecule has 108 valence electrons. The Morgan fingerprint density at radius 1 is 1.06 bits per heavy atom. The minimum absolute atomic E-state index is 0.518. The Balaban J connectivity index is 2.23. The van der Waals surface area contributed by atoms with E-state index in [0.29, 0.717) is 5.41 Å². The molecule has 1 aliphatic carbocycles. The van der Waals surface area contributed by atoms with Crippen molar-refractivity contribution in [1.29, 1.82) is 0 Å². The predicted octanol–water partition coefficient (Wildman–Crippen LogP) is 5.28. The summed E-state index contributed by atoms with van der Waals surface area (Å²) < 4.78 is 0. The van der Waals surface area contributed by atoms with E-state index < -0.39 is 0 Å². The van der Waals surface area contributed by atoms with E-state index in [-0.39, 0.29) is 0 Å². The lowest BCUT2D eigenvalue weighted by atomic mass is 9.66. The van der Waals surface area contributed by atoms with E-state index in [1.807, 2.05) is 0 Å². The van der Waals surface area contributed by atoms with E-state index >= 15 is 0 Å². The summed E-state index contributed by atoms with van der Waals surface area (Å²) in [6.07, 6.45) is 16.9. The zero-order valence-corrected chi connectivity index (χ0v) is 12.8. The molecule has 0 heterocycles. The highest BCUT2D eigenvalue weighted by Crippen LogP contribution is 2.43. The van der Waals surface area contributed by atoms with Crippen LogP contribution in [0.4, 0.5) is 0 Å². The Kier molecular flexibility index (Phi) is 7.97. The van der Waals surface area contributed by atoms with E-state index in [0.717, 1.165) is 12.5 Å². The van der Waals surface area contributed by atoms with Crippen LogP contribution in [0.5, 0.6) is 0 Å². The van der Waals surface area contributed by atoms with Gasteiger partial charge in [0.1, 0.15) is 0 Å². The molecule has 1 rings (SSSR count). The first-order valence-electron chi connectivity index (χ1n) is 8.46. The standard InChI is InChI=1S/C17H35N/c1-3-5-6-7-8-9-12-17(15-18)13-10-11-16(4-2)14-17/h16H,3-15,18H2,1-2H3. The summed E-state index contributed by atoms with van der Waals surface area (Å²) in [7, 11) is 0. The molecule has 0 aromatic rings. The van der Waals surface area contributed by atoms with Gasteiger partial charge < -0.3 is 5.73 Å². The van der Waals surface area contributed by atoms with Gasteiger partial charge in [-0.2, -0.15) is 0 Å². The topological polar surface area (TPSA) is 26.0 Å². The zero-order chi connectivity index (χ0) is 13.3. The summed E-state index contributed by atoms with van der Waals surface area (Å²) in [6.45, 7) is 5.57. The monoisotopic (exact) mass is 253 g/mol. The van der Waals surface area contributed by atoms with Gasteiger partial charge in [-0.25, -0.2) is 0 Å². The summed E-state index contributed by atoms with van der Waals surface area (Å²) >= 11 is 0. The van der Waals surface area contributed by atoms with Gasteiger partial charge in [-0.1, -0.05) is 71.6 Å². The molecule has 0 aliphatic heterocycles. The van der Waals surface area contributed by atoms with Crippen molar-refractivity contribution in [3.05, 3.63) is 0 Å². The molecular formula is C17H35N. The maximum absolute atomic E-state index is 6.12. The molecule has 0 aromatic heterocycles. The van der Waals surface area contributed by atoms with Gasteiger partial charge in [0, 0.05) is 0 Å². The van der Waals surface area contributed by atoms with Gasteiger partial charge in [-0.3, -0.25) is 0 Å². The van der Waals surface area contributed by atoms with Crippen LogP contribution in [0.3, 0.4) is 0 Å². The number of hydrogen-bond acceptors (Lipinski definition) is 1. The van der Waals surface area contributed by atoms with Crippen molar-refractivity contribution in [3.8, 4) is 0 Å². The largest absolute Gasteiger partial charge is 0.330 e. The van der Waals surface area contributed by atoms with E-state index in [4.69, 9.17) is 5.73 Å². The Hall–Kier alpha value is -0.0400. The van der Waals surface area contributed by atoms with Gasteiger partial charge in [0.15, 0.2) is 0 Å². The molecular weight excluding hydrogens is 218 g/mol. The number of hydrogen-bond donors (Lipinski definition) is 1. The van der Waals surface area contributed by atoms with Crippen molar-refractivity contribution < 1.29 is 0 Å². The second-order valence-corrected chi connectivity index (χ2v) is 6.59. The molecule has 1 aliphatic rings. The van der Waals surface area contributed by atoms with Crippen LogP contribution in [0.2, 0.25) is 0 Å². The average molecular weight is 253 g/mol. The molecule has 1 fully saturated rings. The van der Waals surface area contributed by atoms with Gasteiger partial charge in [-0.15, -0.1) is 0 Å². The Morgan fingerprint density at radius 3 is 2.44 bits per heavy atom. The highest BCUT2D eigenvalue weighted by atomic mass is 14.6. The average Bonchev–Trinajstić information content (AvgIpc) is 2.43. The fourth-order valence-corrected chi connectivity index (χ4v) is 3.73. The maximum atomic E-state index is 6.12. The first kappa shape index (κ1) is 16.0. The van der Waals surface area contributed by atoms with Crippen molar-refractivity contribution in [2.45, 2.75) is 90.9 Å². The minimum atomic E-state index is 0.518. The van der Waals surface area contributed by atoms with E-state index in [2.05, 4.69) is 13.8 Å². The first-order valence-corrected chi connectivity index (χ1v) is 8.46. The summed E-state index contributed by atoms with van der Waals surface area (Å²) in [5, 5.41) is 0. The molecule has 0 bridgehead atoms. The van der Waals surface area contributed by atoms with Gasteiger partial charge in [0.05, 0.1) is 0 Å². The van der Waals surface area contributed by atoms with Gasteiger partial charge in [-0.05, 0) is 37.1 Å². The molecule has 2 N–H and O–H groups in total. The van der Waals surface area contributed by atoms with Crippen molar-refractivity contribution in [3.63, 3.8) is 0 Å². The van der Waals surface area contributed by atoms with Crippen LogP contribution in [0, 0.1) is 11.3 Å². The van der Waals surface area contributed by atoms with Gasteiger partial charge in [0.25, 0.3) is 0 Å². The molecule has 1 saturated carbocycles. The summed E-state index contributed by atoms with van der Waals surface area (Å²) in [5.74, 6) is 0.961. The number of unbranched alkanes of at least 4 members (excludes halogenated alkanes) is 5. The van der Waals surface area contributed by atoms with Crippen LogP contribution in [0.25, 0.3) is 0 Å². The Bertz CT molecular complexity index is 202. The third kappa shape index (κ3) is 5.30. The van der Waals surface area contributed by atoms with Crippen molar-refractivity contribution >= 4 is 0 Å². The quantitative estimate of drug-likeness (QED) is 0.556. The molecule has 18 heavy (non-hydrogen) atoms. The summed E-state index contributed by atoms with van der Waals surface area (Å²) in [6, 6.07) is 0. The lowest BCUT2D eigenvalue weighted by Crippen LogP contribution is -2.35. The van der Waals surface area contributed by atoms with Crippen LogP contribution in [0.15, 0.2) is 0 Å². The van der Waals surface area contributed by atoms with Crippen LogP contribution in [-0.2, 0) is 0 Å². The van der Waals surface area contributed by atoms with Gasteiger partial charge in [0.2, 0.25) is 0 Å². The molecule has 0 saturated heterocycles. The minimum Gasteiger partial charge on any atom is -0.330 e. The van der Waals surface area contributed by atoms with E-state index in [9.17, 15) is 0 Å². The van der Waals surface area contributed by atoms with Crippen LogP contribution >= 0.6 is 0 Å². The summed E-state index contributed by atoms with van der Waals surface area (Å²) in [4.78, 5) is 0. The fourth-order valence-electron chi connectivity index (χ4n) is 3.73. The van der Waals surface area contributed by atoms with Crippen LogP contribution in [-0.4, -0.2) is 6.54 Å². The first-order chi connectivity index (χ1) is 8.76. The highest BCUT2D eigenvalue weighted by Gasteiger charge is 2.33. The lowest BCUT2D eigenvalue weighted by Gasteiger charge is -2.40. The molecule has 0 aromatic carbocycles. The third-order valence-electron chi connectivity index (χ3n) is 5.11. The second-order valence-electron chi connectivity index (χ2n) is 6.59. The smallest absolute Gasteiger partial charge is 0.00204 e. The molecule has 2 unspecified atom stereocenters. The molecule has 0 radical (unpaired) electrons. The molecule has 1 heteroatoms. The second kappa shape index (κ2) is 8.96. The van der Waals surface area contributed by atoms with E-state index in [1.54, 1.807) is 0 Å². The van der Waals surface area contributed by atoms with Crippen molar-refractivity contribution in [1.82, 2.24) is 0 Å². The molecule has 1 nitrogen and oxygen atoms in total. The third-order valence-corrected chi connectivity index (χ3v) is 5.11. The summed E-state index contributed by atoms with van der Waals surface area (Å²) in [5.41, 5.74) is 6.64. The van der Waals surface area contributed by atoms with Gasteiger partial charge >= 0.3 is 0 Å². The maximum Gasteiger partial charge on any atom is -0.00204 e. The van der Waals surface area contributed by atoms with Crippen LogP contribution in [0.1, 0.15) is 90.9 Å². The number of rotatable bonds is 9. The SMILES string of the molecule is CCCCCCCCC1(CN)CCCC(CC)C1. The number of nitrogens with two attached hydrogens (primary N) is 1.